The Bertz CT molecular complexity index is 880. The lowest BCUT2D eigenvalue weighted by Crippen LogP contribution is -2.47. The number of unbranched alkanes of at least 4 members (excludes halogenated alkanes) is 9. The number of aliphatic imine (C=N–C) groups is 1. The molecule has 2 amide bonds. The molecule has 0 aromatic rings. The largest absolute Gasteiger partial charge is 0.465 e. The predicted molar refractivity (Wildman–Crippen MR) is 194 cm³/mol. The number of nitrogens with zero attached hydrogens (tertiary/aromatic N) is 1. The van der Waals surface area contributed by atoms with Gasteiger partial charge in [-0.3, -0.25) is 24.2 Å². The summed E-state index contributed by atoms with van der Waals surface area (Å²) >= 11 is 0. The quantitative estimate of drug-likeness (QED) is 0.0271. The molecule has 0 aliphatic carbocycles. The number of amides is 2. The van der Waals surface area contributed by atoms with Gasteiger partial charge in [0.15, 0.2) is 5.96 Å². The molecule has 3 atom stereocenters. The van der Waals surface area contributed by atoms with Crippen LogP contribution in [0.3, 0.4) is 0 Å². The smallest absolute Gasteiger partial charge is 0.308 e. The van der Waals surface area contributed by atoms with Crippen LogP contribution in [-0.2, 0) is 28.7 Å². The van der Waals surface area contributed by atoms with Crippen molar-refractivity contribution in [2.24, 2.45) is 28.3 Å². The van der Waals surface area contributed by atoms with Gasteiger partial charge in [0.2, 0.25) is 11.8 Å². The van der Waals surface area contributed by atoms with E-state index in [9.17, 15) is 19.2 Å². The van der Waals surface area contributed by atoms with E-state index in [4.69, 9.17) is 20.9 Å². The van der Waals surface area contributed by atoms with Crippen LogP contribution in [0.2, 0.25) is 0 Å². The Morgan fingerprint density at radius 3 is 1.75 bits per heavy atom. The third kappa shape index (κ3) is 25.2. The van der Waals surface area contributed by atoms with E-state index in [1.54, 1.807) is 0 Å². The van der Waals surface area contributed by atoms with Crippen LogP contribution in [0.25, 0.3) is 0 Å². The van der Waals surface area contributed by atoms with E-state index >= 15 is 0 Å². The minimum Gasteiger partial charge on any atom is -0.465 e. The summed E-state index contributed by atoms with van der Waals surface area (Å²) in [6, 6.07) is -0.769. The van der Waals surface area contributed by atoms with Gasteiger partial charge in [-0.05, 0) is 64.2 Å². The van der Waals surface area contributed by atoms with Crippen LogP contribution in [-0.4, -0.2) is 62.1 Å². The molecule has 48 heavy (non-hydrogen) atoms. The van der Waals surface area contributed by atoms with Crippen LogP contribution in [0.1, 0.15) is 163 Å². The van der Waals surface area contributed by atoms with E-state index in [0.29, 0.717) is 45.4 Å². The summed E-state index contributed by atoms with van der Waals surface area (Å²) in [5, 5.41) is 5.70. The highest BCUT2D eigenvalue weighted by Crippen LogP contribution is 2.20. The predicted octanol–water partition coefficient (Wildman–Crippen LogP) is 6.45. The maximum absolute atomic E-state index is 12.9. The van der Waals surface area contributed by atoms with Gasteiger partial charge in [-0.25, -0.2) is 0 Å². The summed E-state index contributed by atoms with van der Waals surface area (Å²) < 4.78 is 11.1. The fourth-order valence-electron chi connectivity index (χ4n) is 5.58. The van der Waals surface area contributed by atoms with Gasteiger partial charge in [-0.15, -0.1) is 0 Å². The first-order valence-electron chi connectivity index (χ1n) is 19.2. The molecular formula is C37H71N5O6. The van der Waals surface area contributed by atoms with Gasteiger partial charge in [-0.2, -0.15) is 0 Å². The van der Waals surface area contributed by atoms with Gasteiger partial charge in [0.1, 0.15) is 6.04 Å². The molecule has 0 fully saturated rings. The second-order valence-corrected chi connectivity index (χ2v) is 13.0. The number of nitrogens with two attached hydrogens (primary N) is 2. The van der Waals surface area contributed by atoms with Gasteiger partial charge in [-0.1, -0.05) is 91.9 Å². The van der Waals surface area contributed by atoms with E-state index < -0.39 is 6.04 Å². The van der Waals surface area contributed by atoms with E-state index in [1.807, 2.05) is 0 Å². The SMILES string of the molecule is CCCCCCC(CCCC)C(=O)OCCCCNC(=O)[C@H](CCN=C(N)N)NC(=O)CCCCCOC(=O)C(CCC)CCCCC. The van der Waals surface area contributed by atoms with Crippen LogP contribution in [0.15, 0.2) is 4.99 Å². The Kier molecular flexibility index (Phi) is 29.6. The highest BCUT2D eigenvalue weighted by Gasteiger charge is 2.22. The Morgan fingerprint density at radius 1 is 0.604 bits per heavy atom. The molecule has 0 aromatic carbocycles. The third-order valence-electron chi connectivity index (χ3n) is 8.54. The van der Waals surface area contributed by atoms with Crippen molar-refractivity contribution < 1.29 is 28.7 Å². The van der Waals surface area contributed by atoms with Gasteiger partial charge >= 0.3 is 11.9 Å². The molecule has 0 spiro atoms. The Labute approximate surface area is 291 Å². The van der Waals surface area contributed by atoms with E-state index in [0.717, 1.165) is 83.5 Å². The van der Waals surface area contributed by atoms with Crippen molar-refractivity contribution in [3.8, 4) is 0 Å². The van der Waals surface area contributed by atoms with E-state index in [2.05, 4.69) is 43.3 Å². The fraction of sp³-hybridized carbons (Fsp3) is 0.865. The summed E-state index contributed by atoms with van der Waals surface area (Å²) in [6.45, 7) is 9.84. The average molecular weight is 682 g/mol. The standard InChI is InChI=1S/C37H71N5O6/c1-5-9-12-15-23-31(21-11-7-3)36(46)48-29-19-17-26-40-34(44)32(25-27-41-37(38)39)42-33(43)24-16-13-18-28-47-35(45)30(20-8-4)22-14-10-6-2/h30-32H,5-29H2,1-4H3,(H,40,44)(H,42,43)(H4,38,39,41)/t30?,31?,32-/m0/s1. The molecule has 280 valence electrons. The summed E-state index contributed by atoms with van der Waals surface area (Å²) in [6.07, 6.45) is 18.3. The normalized spacial score (nSPS) is 12.8. The molecule has 0 rings (SSSR count). The van der Waals surface area contributed by atoms with Gasteiger partial charge in [0, 0.05) is 19.5 Å². The molecule has 0 saturated heterocycles. The number of rotatable bonds is 32. The van der Waals surface area contributed by atoms with E-state index in [-0.39, 0.29) is 60.9 Å². The van der Waals surface area contributed by atoms with Gasteiger partial charge in [0.05, 0.1) is 25.0 Å². The molecule has 0 radical (unpaired) electrons. The number of carbonyl (C=O) groups is 4. The zero-order chi connectivity index (χ0) is 35.8. The molecule has 0 saturated carbocycles. The lowest BCUT2D eigenvalue weighted by Gasteiger charge is -2.18. The van der Waals surface area contributed by atoms with Crippen LogP contribution in [0, 0.1) is 11.8 Å². The minimum atomic E-state index is -0.769. The molecule has 11 heteroatoms. The first-order chi connectivity index (χ1) is 23.2. The number of nitrogens with one attached hydrogen (secondary N) is 2. The summed E-state index contributed by atoms with van der Waals surface area (Å²) in [7, 11) is 0. The summed E-state index contributed by atoms with van der Waals surface area (Å²) in [5.74, 6) is -0.866. The van der Waals surface area contributed by atoms with Crippen molar-refractivity contribution in [2.75, 3.05) is 26.3 Å². The molecule has 2 unspecified atom stereocenters. The van der Waals surface area contributed by atoms with Crippen molar-refractivity contribution in [1.29, 1.82) is 0 Å². The molecule has 11 nitrogen and oxygen atoms in total. The lowest BCUT2D eigenvalue weighted by atomic mass is 9.95. The third-order valence-corrected chi connectivity index (χ3v) is 8.54. The summed E-state index contributed by atoms with van der Waals surface area (Å²) in [5.41, 5.74) is 10.9. The Morgan fingerprint density at radius 2 is 1.15 bits per heavy atom. The van der Waals surface area contributed by atoms with E-state index in [1.165, 1.54) is 12.8 Å². The lowest BCUT2D eigenvalue weighted by molar-refractivity contribution is -0.150. The number of esters is 2. The van der Waals surface area contributed by atoms with Crippen LogP contribution in [0.5, 0.6) is 0 Å². The molecule has 6 N–H and O–H groups in total. The van der Waals surface area contributed by atoms with Crippen molar-refractivity contribution in [1.82, 2.24) is 10.6 Å². The first-order valence-corrected chi connectivity index (χ1v) is 19.2. The maximum Gasteiger partial charge on any atom is 0.308 e. The molecular weight excluding hydrogens is 610 g/mol. The fourth-order valence-corrected chi connectivity index (χ4v) is 5.58. The zero-order valence-electron chi connectivity index (χ0n) is 31.0. The van der Waals surface area contributed by atoms with Crippen LogP contribution in [0.4, 0.5) is 0 Å². The summed E-state index contributed by atoms with van der Waals surface area (Å²) in [4.78, 5) is 54.7. The topological polar surface area (TPSA) is 175 Å². The van der Waals surface area contributed by atoms with Crippen LogP contribution < -0.4 is 22.1 Å². The van der Waals surface area contributed by atoms with Crippen molar-refractivity contribution >= 4 is 29.7 Å². The number of guanidine groups is 1. The van der Waals surface area contributed by atoms with Gasteiger partial charge in [0.25, 0.3) is 0 Å². The number of hydrogen-bond acceptors (Lipinski definition) is 7. The number of carbonyl (C=O) groups excluding carboxylic acids is 4. The molecule has 0 aliphatic heterocycles. The van der Waals surface area contributed by atoms with Crippen molar-refractivity contribution in [3.05, 3.63) is 0 Å². The van der Waals surface area contributed by atoms with Crippen molar-refractivity contribution in [2.45, 2.75) is 169 Å². The molecule has 0 aliphatic rings. The Hall–Kier alpha value is -2.85. The molecule has 0 bridgehead atoms. The van der Waals surface area contributed by atoms with Crippen LogP contribution >= 0.6 is 0 Å². The van der Waals surface area contributed by atoms with Crippen molar-refractivity contribution in [3.63, 3.8) is 0 Å². The minimum absolute atomic E-state index is 0.0233. The average Bonchev–Trinajstić information content (AvgIpc) is 3.06. The monoisotopic (exact) mass is 682 g/mol. The number of ether oxygens (including phenoxy) is 2. The van der Waals surface area contributed by atoms with Gasteiger partial charge < -0.3 is 31.6 Å². The highest BCUT2D eigenvalue weighted by atomic mass is 16.5. The Balaban J connectivity index is 4.53. The second-order valence-electron chi connectivity index (χ2n) is 13.0. The molecule has 0 heterocycles. The maximum atomic E-state index is 12.9. The zero-order valence-corrected chi connectivity index (χ0v) is 31.0. The molecule has 0 aromatic heterocycles. The number of hydrogen-bond donors (Lipinski definition) is 4. The highest BCUT2D eigenvalue weighted by molar-refractivity contribution is 5.87. The first kappa shape index (κ1) is 45.2. The second kappa shape index (κ2) is 31.4.